The molecule has 1 atom stereocenters. The molecule has 21 heavy (non-hydrogen) atoms. The highest BCUT2D eigenvalue weighted by molar-refractivity contribution is 7.12. The largest absolute Gasteiger partial charge is 0.309 e. The number of likely N-dealkylation sites (tertiary alicyclic amines) is 1. The maximum Gasteiger partial charge on any atom is 0.0302 e. The average molecular weight is 307 g/mol. The molecule has 1 unspecified atom stereocenters. The van der Waals surface area contributed by atoms with Crippen LogP contribution >= 0.6 is 11.3 Å². The van der Waals surface area contributed by atoms with Crippen LogP contribution in [-0.4, -0.2) is 23.5 Å². The van der Waals surface area contributed by atoms with Gasteiger partial charge in [-0.15, -0.1) is 11.3 Å². The molecular formula is C18H30N2S. The summed E-state index contributed by atoms with van der Waals surface area (Å²) in [6.07, 6.45) is 9.69. The molecule has 2 heterocycles. The molecule has 1 aliphatic heterocycles. The molecule has 1 saturated heterocycles. The van der Waals surface area contributed by atoms with Gasteiger partial charge in [0.1, 0.15) is 0 Å². The van der Waals surface area contributed by atoms with E-state index in [0.29, 0.717) is 0 Å². The topological polar surface area (TPSA) is 15.3 Å². The highest BCUT2D eigenvalue weighted by Crippen LogP contribution is 2.27. The lowest BCUT2D eigenvalue weighted by Crippen LogP contribution is -2.33. The first-order valence-electron chi connectivity index (χ1n) is 8.82. The van der Waals surface area contributed by atoms with Crippen molar-refractivity contribution in [1.29, 1.82) is 0 Å². The molecule has 0 spiro atoms. The Morgan fingerprint density at radius 3 is 2.86 bits per heavy atom. The molecule has 2 nitrogen and oxygen atoms in total. The lowest BCUT2D eigenvalue weighted by Gasteiger charge is -2.29. The van der Waals surface area contributed by atoms with E-state index >= 15 is 0 Å². The smallest absolute Gasteiger partial charge is 0.0302 e. The molecule has 118 valence electrons. The minimum atomic E-state index is 0.805. The van der Waals surface area contributed by atoms with E-state index < -0.39 is 0 Å². The van der Waals surface area contributed by atoms with Gasteiger partial charge in [-0.2, -0.15) is 0 Å². The van der Waals surface area contributed by atoms with E-state index in [9.17, 15) is 0 Å². The van der Waals surface area contributed by atoms with Crippen LogP contribution in [0.5, 0.6) is 0 Å². The molecule has 0 bridgehead atoms. The third-order valence-electron chi connectivity index (χ3n) is 5.06. The van der Waals surface area contributed by atoms with E-state index in [4.69, 9.17) is 0 Å². The van der Waals surface area contributed by atoms with Crippen molar-refractivity contribution in [3.63, 3.8) is 0 Å². The van der Waals surface area contributed by atoms with Crippen molar-refractivity contribution in [2.24, 2.45) is 0 Å². The first-order chi connectivity index (χ1) is 10.3. The van der Waals surface area contributed by atoms with Crippen LogP contribution in [0.3, 0.4) is 0 Å². The van der Waals surface area contributed by atoms with E-state index in [1.54, 1.807) is 5.56 Å². The van der Waals surface area contributed by atoms with Crippen LogP contribution in [0, 0.1) is 6.92 Å². The van der Waals surface area contributed by atoms with Gasteiger partial charge in [-0.05, 0) is 57.2 Å². The van der Waals surface area contributed by atoms with Crippen molar-refractivity contribution in [2.45, 2.75) is 84.0 Å². The standard InChI is InChI=1S/C18H30N2S/c1-3-17-7-5-4-6-10-20(17)13-15-11-18(21-14(15)2)12-19-16-8-9-16/h11,16-17,19H,3-10,12-13H2,1-2H3. The van der Waals surface area contributed by atoms with Crippen molar-refractivity contribution in [3.8, 4) is 0 Å². The normalized spacial score (nSPS) is 24.2. The summed E-state index contributed by atoms with van der Waals surface area (Å²) in [7, 11) is 0. The van der Waals surface area contributed by atoms with Crippen LogP contribution in [0.2, 0.25) is 0 Å². The van der Waals surface area contributed by atoms with Crippen molar-refractivity contribution >= 4 is 11.3 Å². The van der Waals surface area contributed by atoms with Gasteiger partial charge >= 0.3 is 0 Å². The minimum absolute atomic E-state index is 0.805. The van der Waals surface area contributed by atoms with Gasteiger partial charge in [0.2, 0.25) is 0 Å². The van der Waals surface area contributed by atoms with Crippen molar-refractivity contribution < 1.29 is 0 Å². The summed E-state index contributed by atoms with van der Waals surface area (Å²) in [6.45, 7) is 8.20. The van der Waals surface area contributed by atoms with Gasteiger partial charge in [-0.25, -0.2) is 0 Å². The van der Waals surface area contributed by atoms with E-state index in [1.165, 1.54) is 67.8 Å². The molecule has 1 aromatic rings. The third-order valence-corrected chi connectivity index (χ3v) is 6.15. The van der Waals surface area contributed by atoms with Crippen LogP contribution in [0.1, 0.15) is 67.2 Å². The molecule has 0 radical (unpaired) electrons. The van der Waals surface area contributed by atoms with Gasteiger partial charge in [-0.3, -0.25) is 4.90 Å². The fourth-order valence-electron chi connectivity index (χ4n) is 3.49. The maximum absolute atomic E-state index is 3.64. The average Bonchev–Trinajstić information content (AvgIpc) is 3.26. The molecule has 2 fully saturated rings. The second kappa shape index (κ2) is 7.26. The Bertz CT molecular complexity index is 450. The first-order valence-corrected chi connectivity index (χ1v) is 9.63. The van der Waals surface area contributed by atoms with Crippen LogP contribution in [0.4, 0.5) is 0 Å². The van der Waals surface area contributed by atoms with E-state index in [2.05, 4.69) is 30.1 Å². The second-order valence-electron chi connectivity index (χ2n) is 6.83. The number of nitrogens with one attached hydrogen (secondary N) is 1. The Labute approximate surface area is 133 Å². The van der Waals surface area contributed by atoms with Crippen molar-refractivity contribution in [1.82, 2.24) is 10.2 Å². The van der Waals surface area contributed by atoms with Crippen LogP contribution in [0.15, 0.2) is 6.07 Å². The summed E-state index contributed by atoms with van der Waals surface area (Å²) in [4.78, 5) is 5.80. The molecule has 2 aliphatic rings. The van der Waals surface area contributed by atoms with Gasteiger partial charge in [0, 0.05) is 34.9 Å². The Hall–Kier alpha value is -0.380. The summed E-state index contributed by atoms with van der Waals surface area (Å²) >= 11 is 2.00. The predicted octanol–water partition coefficient (Wildman–Crippen LogP) is 4.46. The van der Waals surface area contributed by atoms with Crippen LogP contribution in [0.25, 0.3) is 0 Å². The summed E-state index contributed by atoms with van der Waals surface area (Å²) in [5, 5.41) is 3.64. The summed E-state index contributed by atoms with van der Waals surface area (Å²) in [6, 6.07) is 4.08. The molecule has 0 amide bonds. The zero-order chi connectivity index (χ0) is 14.7. The molecule has 0 aromatic carbocycles. The zero-order valence-corrected chi connectivity index (χ0v) is 14.5. The monoisotopic (exact) mass is 306 g/mol. The molecule has 3 rings (SSSR count). The molecule has 1 N–H and O–H groups in total. The molecule has 1 saturated carbocycles. The predicted molar refractivity (Wildman–Crippen MR) is 91.9 cm³/mol. The molecule has 1 aromatic heterocycles. The highest BCUT2D eigenvalue weighted by atomic mass is 32.1. The number of rotatable bonds is 6. The Morgan fingerprint density at radius 2 is 2.10 bits per heavy atom. The third kappa shape index (κ3) is 4.30. The summed E-state index contributed by atoms with van der Waals surface area (Å²) < 4.78 is 0. The number of aryl methyl sites for hydroxylation is 1. The van der Waals surface area contributed by atoms with Gasteiger partial charge in [0.25, 0.3) is 0 Å². The zero-order valence-electron chi connectivity index (χ0n) is 13.7. The number of hydrogen-bond donors (Lipinski definition) is 1. The lowest BCUT2D eigenvalue weighted by molar-refractivity contribution is 0.186. The molecule has 1 aliphatic carbocycles. The highest BCUT2D eigenvalue weighted by Gasteiger charge is 2.22. The Balaban J connectivity index is 1.61. The second-order valence-corrected chi connectivity index (χ2v) is 8.17. The number of nitrogens with zero attached hydrogens (tertiary/aromatic N) is 1. The van der Waals surface area contributed by atoms with Gasteiger partial charge in [0.05, 0.1) is 0 Å². The van der Waals surface area contributed by atoms with E-state index in [0.717, 1.165) is 18.6 Å². The molecular weight excluding hydrogens is 276 g/mol. The first kappa shape index (κ1) is 15.5. The summed E-state index contributed by atoms with van der Waals surface area (Å²) in [5.41, 5.74) is 1.58. The molecule has 3 heteroatoms. The SMILES string of the molecule is CCC1CCCCCN1Cc1cc(CNC2CC2)sc1C. The van der Waals surface area contributed by atoms with Gasteiger partial charge < -0.3 is 5.32 Å². The lowest BCUT2D eigenvalue weighted by atomic mass is 10.1. The van der Waals surface area contributed by atoms with E-state index in [1.807, 2.05) is 11.3 Å². The fourth-order valence-corrected chi connectivity index (χ4v) is 4.49. The fraction of sp³-hybridized carbons (Fsp3) is 0.778. The van der Waals surface area contributed by atoms with Crippen LogP contribution < -0.4 is 5.32 Å². The Morgan fingerprint density at radius 1 is 1.24 bits per heavy atom. The van der Waals surface area contributed by atoms with Gasteiger partial charge in [0.15, 0.2) is 0 Å². The van der Waals surface area contributed by atoms with Crippen molar-refractivity contribution in [2.75, 3.05) is 6.54 Å². The summed E-state index contributed by atoms with van der Waals surface area (Å²) in [5.74, 6) is 0. The minimum Gasteiger partial charge on any atom is -0.309 e. The maximum atomic E-state index is 3.64. The quantitative estimate of drug-likeness (QED) is 0.834. The van der Waals surface area contributed by atoms with Crippen LogP contribution in [-0.2, 0) is 13.1 Å². The van der Waals surface area contributed by atoms with Crippen molar-refractivity contribution in [3.05, 3.63) is 21.4 Å². The number of hydrogen-bond acceptors (Lipinski definition) is 3. The van der Waals surface area contributed by atoms with E-state index in [-0.39, 0.29) is 0 Å². The number of thiophene rings is 1. The Kier molecular flexibility index (Phi) is 5.36. The van der Waals surface area contributed by atoms with Gasteiger partial charge in [-0.1, -0.05) is 19.8 Å².